The van der Waals surface area contributed by atoms with Crippen molar-refractivity contribution >= 4 is 11.7 Å². The minimum absolute atomic E-state index is 0.0337. The molecule has 96 valence electrons. The molecule has 0 bridgehead atoms. The average molecular weight is 260 g/mol. The maximum Gasteiger partial charge on any atom is 0.337 e. The molecular formula is C12H8N2O5. The number of carbonyl (C=O) groups is 1. The van der Waals surface area contributed by atoms with Crippen molar-refractivity contribution in [3.05, 3.63) is 58.3 Å². The van der Waals surface area contributed by atoms with Gasteiger partial charge in [-0.2, -0.15) is 0 Å². The van der Waals surface area contributed by atoms with Gasteiger partial charge in [-0.1, -0.05) is 6.07 Å². The van der Waals surface area contributed by atoms with Gasteiger partial charge in [0, 0.05) is 18.3 Å². The summed E-state index contributed by atoms with van der Waals surface area (Å²) in [5, 5.41) is 19.3. The SMILES string of the molecule is O=C(O)c1ccc(Oc2cccc([N+](=O)[O-])c2)nc1. The number of pyridine rings is 1. The fourth-order valence-electron chi connectivity index (χ4n) is 1.35. The molecule has 0 fully saturated rings. The van der Waals surface area contributed by atoms with E-state index < -0.39 is 10.9 Å². The Kier molecular flexibility index (Phi) is 3.37. The first-order chi connectivity index (χ1) is 9.06. The van der Waals surface area contributed by atoms with Crippen LogP contribution in [0.3, 0.4) is 0 Å². The quantitative estimate of drug-likeness (QED) is 0.669. The smallest absolute Gasteiger partial charge is 0.337 e. The lowest BCUT2D eigenvalue weighted by Gasteiger charge is -2.04. The van der Waals surface area contributed by atoms with Crippen LogP contribution in [0, 0.1) is 10.1 Å². The Morgan fingerprint density at radius 1 is 1.32 bits per heavy atom. The topological polar surface area (TPSA) is 103 Å². The largest absolute Gasteiger partial charge is 0.478 e. The molecule has 0 aliphatic heterocycles. The molecule has 0 radical (unpaired) electrons. The minimum atomic E-state index is -1.09. The van der Waals surface area contributed by atoms with Crippen molar-refractivity contribution < 1.29 is 19.6 Å². The summed E-state index contributed by atoms with van der Waals surface area (Å²) in [6.45, 7) is 0. The number of carboxylic acid groups (broad SMARTS) is 1. The van der Waals surface area contributed by atoms with Gasteiger partial charge in [0.15, 0.2) is 0 Å². The normalized spacial score (nSPS) is 9.89. The molecule has 1 aromatic carbocycles. The first-order valence-corrected chi connectivity index (χ1v) is 5.18. The molecule has 1 N–H and O–H groups in total. The average Bonchev–Trinajstić information content (AvgIpc) is 2.39. The fourth-order valence-corrected chi connectivity index (χ4v) is 1.35. The van der Waals surface area contributed by atoms with Crippen LogP contribution in [-0.4, -0.2) is 21.0 Å². The van der Waals surface area contributed by atoms with E-state index in [1.54, 1.807) is 6.07 Å². The molecule has 0 amide bonds. The van der Waals surface area contributed by atoms with Gasteiger partial charge in [0.2, 0.25) is 5.88 Å². The van der Waals surface area contributed by atoms with E-state index in [2.05, 4.69) is 4.98 Å². The maximum atomic E-state index is 10.6. The van der Waals surface area contributed by atoms with Crippen LogP contribution in [0.2, 0.25) is 0 Å². The molecule has 7 nitrogen and oxygen atoms in total. The van der Waals surface area contributed by atoms with E-state index in [1.165, 1.54) is 30.3 Å². The number of hydrogen-bond donors (Lipinski definition) is 1. The predicted octanol–water partition coefficient (Wildman–Crippen LogP) is 2.48. The van der Waals surface area contributed by atoms with Gasteiger partial charge < -0.3 is 9.84 Å². The third-order valence-electron chi connectivity index (χ3n) is 2.23. The summed E-state index contributed by atoms with van der Waals surface area (Å²) in [5.41, 5.74) is -0.0638. The molecule has 0 aliphatic carbocycles. The lowest BCUT2D eigenvalue weighted by molar-refractivity contribution is -0.384. The number of benzene rings is 1. The van der Waals surface area contributed by atoms with Gasteiger partial charge in [-0.15, -0.1) is 0 Å². The number of nitro benzene ring substituents is 1. The second-order valence-corrected chi connectivity index (χ2v) is 3.55. The van der Waals surface area contributed by atoms with Crippen LogP contribution in [0.5, 0.6) is 11.6 Å². The first-order valence-electron chi connectivity index (χ1n) is 5.18. The molecule has 2 rings (SSSR count). The second-order valence-electron chi connectivity index (χ2n) is 3.55. The van der Waals surface area contributed by atoms with Gasteiger partial charge in [0.25, 0.3) is 5.69 Å². The van der Waals surface area contributed by atoms with E-state index in [0.29, 0.717) is 0 Å². The lowest BCUT2D eigenvalue weighted by Crippen LogP contribution is -1.97. The molecule has 7 heteroatoms. The van der Waals surface area contributed by atoms with Crippen molar-refractivity contribution in [1.82, 2.24) is 4.98 Å². The zero-order valence-electron chi connectivity index (χ0n) is 9.52. The number of nitro groups is 1. The Morgan fingerprint density at radius 3 is 2.68 bits per heavy atom. The first kappa shape index (κ1) is 12.5. The number of aromatic carboxylic acids is 1. The van der Waals surface area contributed by atoms with E-state index in [-0.39, 0.29) is 22.9 Å². The Labute approximate surface area is 107 Å². The van der Waals surface area contributed by atoms with Crippen molar-refractivity contribution in [2.45, 2.75) is 0 Å². The molecule has 2 aromatic rings. The number of rotatable bonds is 4. The van der Waals surface area contributed by atoms with Crippen LogP contribution in [0.15, 0.2) is 42.6 Å². The molecule has 19 heavy (non-hydrogen) atoms. The molecule has 1 aromatic heterocycles. The van der Waals surface area contributed by atoms with Gasteiger partial charge in [-0.05, 0) is 12.1 Å². The highest BCUT2D eigenvalue weighted by atomic mass is 16.6. The molecule has 1 heterocycles. The Balaban J connectivity index is 2.19. The molecule has 0 aliphatic rings. The van der Waals surface area contributed by atoms with E-state index >= 15 is 0 Å². The van der Waals surface area contributed by atoms with Gasteiger partial charge >= 0.3 is 5.97 Å². The molecular weight excluding hydrogens is 252 g/mol. The fraction of sp³-hybridized carbons (Fsp3) is 0. The van der Waals surface area contributed by atoms with Crippen LogP contribution in [0.1, 0.15) is 10.4 Å². The number of hydrogen-bond acceptors (Lipinski definition) is 5. The van der Waals surface area contributed by atoms with E-state index in [0.717, 1.165) is 6.20 Å². The van der Waals surface area contributed by atoms with Gasteiger partial charge in [-0.3, -0.25) is 10.1 Å². The molecule has 0 spiro atoms. The summed E-state index contributed by atoms with van der Waals surface area (Å²) in [6.07, 6.45) is 1.15. The van der Waals surface area contributed by atoms with Crippen LogP contribution in [0.4, 0.5) is 5.69 Å². The highest BCUT2D eigenvalue weighted by Gasteiger charge is 2.08. The third-order valence-corrected chi connectivity index (χ3v) is 2.23. The van der Waals surface area contributed by atoms with Crippen molar-refractivity contribution in [3.8, 4) is 11.6 Å². The van der Waals surface area contributed by atoms with E-state index in [9.17, 15) is 14.9 Å². The van der Waals surface area contributed by atoms with Crippen LogP contribution in [0.25, 0.3) is 0 Å². The Bertz CT molecular complexity index is 624. The standard InChI is InChI=1S/C12H8N2O5/c15-12(16)8-4-5-11(13-7-8)19-10-3-1-2-9(6-10)14(17)18/h1-7H,(H,15,16). The van der Waals surface area contributed by atoms with Gasteiger partial charge in [-0.25, -0.2) is 9.78 Å². The Morgan fingerprint density at radius 2 is 2.11 bits per heavy atom. The van der Waals surface area contributed by atoms with E-state index in [1.807, 2.05) is 0 Å². The number of aromatic nitrogens is 1. The minimum Gasteiger partial charge on any atom is -0.478 e. The van der Waals surface area contributed by atoms with Crippen molar-refractivity contribution in [1.29, 1.82) is 0 Å². The van der Waals surface area contributed by atoms with Crippen molar-refractivity contribution in [2.75, 3.05) is 0 Å². The van der Waals surface area contributed by atoms with Crippen LogP contribution in [-0.2, 0) is 0 Å². The lowest BCUT2D eigenvalue weighted by atomic mass is 10.3. The van der Waals surface area contributed by atoms with Crippen LogP contribution < -0.4 is 4.74 Å². The summed E-state index contributed by atoms with van der Waals surface area (Å²) in [4.78, 5) is 24.5. The van der Waals surface area contributed by atoms with Crippen molar-refractivity contribution in [2.24, 2.45) is 0 Å². The highest BCUT2D eigenvalue weighted by Crippen LogP contribution is 2.23. The predicted molar refractivity (Wildman–Crippen MR) is 64.4 cm³/mol. The number of nitrogens with zero attached hydrogens (tertiary/aromatic N) is 2. The summed E-state index contributed by atoms with van der Waals surface area (Å²) in [7, 11) is 0. The monoisotopic (exact) mass is 260 g/mol. The summed E-state index contributed by atoms with van der Waals surface area (Å²) >= 11 is 0. The zero-order chi connectivity index (χ0) is 13.8. The third kappa shape index (κ3) is 3.03. The molecule has 0 atom stereocenters. The molecule has 0 saturated heterocycles. The van der Waals surface area contributed by atoms with Gasteiger partial charge in [0.05, 0.1) is 16.6 Å². The van der Waals surface area contributed by atoms with Crippen LogP contribution >= 0.6 is 0 Å². The highest BCUT2D eigenvalue weighted by molar-refractivity contribution is 5.87. The molecule has 0 unspecified atom stereocenters. The molecule has 0 saturated carbocycles. The Hall–Kier alpha value is -2.96. The maximum absolute atomic E-state index is 10.6. The van der Waals surface area contributed by atoms with Gasteiger partial charge in [0.1, 0.15) is 5.75 Å². The number of ether oxygens (including phenoxy) is 1. The van der Waals surface area contributed by atoms with E-state index in [4.69, 9.17) is 9.84 Å². The number of carboxylic acids is 1. The van der Waals surface area contributed by atoms with Crippen molar-refractivity contribution in [3.63, 3.8) is 0 Å². The summed E-state index contributed by atoms with van der Waals surface area (Å²) in [6, 6.07) is 8.34. The summed E-state index contributed by atoms with van der Waals surface area (Å²) < 4.78 is 5.30. The number of non-ortho nitro benzene ring substituents is 1. The summed E-state index contributed by atoms with van der Waals surface area (Å²) in [5.74, 6) is -0.676. The second kappa shape index (κ2) is 5.13. The zero-order valence-corrected chi connectivity index (χ0v) is 9.52.